The SMILES string of the molecule is CCC#CCOCc1ccnn1-c1ccccc1. The van der Waals surface area contributed by atoms with Gasteiger partial charge in [-0.25, -0.2) is 4.68 Å². The van der Waals surface area contributed by atoms with Crippen LogP contribution in [0, 0.1) is 11.8 Å². The highest BCUT2D eigenvalue weighted by molar-refractivity contribution is 5.32. The highest BCUT2D eigenvalue weighted by atomic mass is 16.5. The lowest BCUT2D eigenvalue weighted by Crippen LogP contribution is -2.04. The van der Waals surface area contributed by atoms with Gasteiger partial charge in [0.25, 0.3) is 0 Å². The number of benzene rings is 1. The van der Waals surface area contributed by atoms with Crippen molar-refractivity contribution in [1.29, 1.82) is 0 Å². The number of hydrogen-bond acceptors (Lipinski definition) is 2. The third-order valence-electron chi connectivity index (χ3n) is 2.45. The predicted octanol–water partition coefficient (Wildman–Crippen LogP) is 2.80. The van der Waals surface area contributed by atoms with Crippen LogP contribution in [0.1, 0.15) is 19.0 Å². The first-order chi connectivity index (χ1) is 8.92. The normalized spacial score (nSPS) is 9.83. The molecule has 0 N–H and O–H groups in total. The lowest BCUT2D eigenvalue weighted by Gasteiger charge is -2.06. The summed E-state index contributed by atoms with van der Waals surface area (Å²) in [6, 6.07) is 12.0. The fourth-order valence-corrected chi connectivity index (χ4v) is 1.62. The van der Waals surface area contributed by atoms with Gasteiger partial charge in [-0.2, -0.15) is 5.10 Å². The van der Waals surface area contributed by atoms with Gasteiger partial charge in [0, 0.05) is 12.6 Å². The van der Waals surface area contributed by atoms with Crippen molar-refractivity contribution < 1.29 is 4.74 Å². The van der Waals surface area contributed by atoms with Crippen LogP contribution in [0.2, 0.25) is 0 Å². The third kappa shape index (κ3) is 3.22. The van der Waals surface area contributed by atoms with E-state index in [1.54, 1.807) is 6.20 Å². The van der Waals surface area contributed by atoms with Crippen molar-refractivity contribution in [2.45, 2.75) is 20.0 Å². The molecule has 1 heterocycles. The Labute approximate surface area is 107 Å². The van der Waals surface area contributed by atoms with Gasteiger partial charge in [-0.15, -0.1) is 5.92 Å². The smallest absolute Gasteiger partial charge is 0.108 e. The molecule has 3 heteroatoms. The number of aromatic nitrogens is 2. The molecule has 0 saturated heterocycles. The first kappa shape index (κ1) is 12.4. The van der Waals surface area contributed by atoms with Crippen LogP contribution < -0.4 is 0 Å². The highest BCUT2D eigenvalue weighted by Gasteiger charge is 2.03. The number of hydrogen-bond donors (Lipinski definition) is 0. The number of para-hydroxylation sites is 1. The van der Waals surface area contributed by atoms with E-state index in [9.17, 15) is 0 Å². The fourth-order valence-electron chi connectivity index (χ4n) is 1.62. The molecule has 0 fully saturated rings. The molecule has 0 amide bonds. The predicted molar refractivity (Wildman–Crippen MR) is 71.3 cm³/mol. The Kier molecular flexibility index (Phi) is 4.57. The van der Waals surface area contributed by atoms with Gasteiger partial charge in [0.2, 0.25) is 0 Å². The lowest BCUT2D eigenvalue weighted by molar-refractivity contribution is 0.148. The number of rotatable bonds is 4. The zero-order valence-corrected chi connectivity index (χ0v) is 10.5. The number of nitrogens with zero attached hydrogens (tertiary/aromatic N) is 2. The largest absolute Gasteiger partial charge is 0.362 e. The summed E-state index contributed by atoms with van der Waals surface area (Å²) in [6.07, 6.45) is 2.65. The van der Waals surface area contributed by atoms with Crippen LogP contribution >= 0.6 is 0 Å². The van der Waals surface area contributed by atoms with E-state index < -0.39 is 0 Å². The van der Waals surface area contributed by atoms with Crippen LogP contribution in [0.4, 0.5) is 0 Å². The molecule has 0 aliphatic heterocycles. The molecule has 18 heavy (non-hydrogen) atoms. The van der Waals surface area contributed by atoms with E-state index in [1.807, 2.05) is 48.0 Å². The third-order valence-corrected chi connectivity index (χ3v) is 2.45. The molecule has 1 aromatic carbocycles. The van der Waals surface area contributed by atoms with Gasteiger partial charge >= 0.3 is 0 Å². The van der Waals surface area contributed by atoms with E-state index in [-0.39, 0.29) is 0 Å². The molecule has 3 nitrogen and oxygen atoms in total. The Hall–Kier alpha value is -2.05. The average molecular weight is 240 g/mol. The molecule has 0 radical (unpaired) electrons. The molecule has 0 spiro atoms. The van der Waals surface area contributed by atoms with Crippen molar-refractivity contribution in [3.05, 3.63) is 48.3 Å². The van der Waals surface area contributed by atoms with Crippen molar-refractivity contribution >= 4 is 0 Å². The Morgan fingerprint density at radius 3 is 2.78 bits per heavy atom. The van der Waals surface area contributed by atoms with Gasteiger partial charge in [-0.05, 0) is 18.2 Å². The zero-order chi connectivity index (χ0) is 12.6. The molecular formula is C15H16N2O. The van der Waals surface area contributed by atoms with Gasteiger partial charge in [0.15, 0.2) is 0 Å². The zero-order valence-electron chi connectivity index (χ0n) is 10.5. The molecule has 0 aliphatic rings. The van der Waals surface area contributed by atoms with Crippen LogP contribution in [-0.4, -0.2) is 16.4 Å². The molecular weight excluding hydrogens is 224 g/mol. The summed E-state index contributed by atoms with van der Waals surface area (Å²) in [5.74, 6) is 5.93. The van der Waals surface area contributed by atoms with Gasteiger partial charge in [-0.1, -0.05) is 31.0 Å². The summed E-state index contributed by atoms with van der Waals surface area (Å²) in [7, 11) is 0. The van der Waals surface area contributed by atoms with Crippen molar-refractivity contribution in [3.63, 3.8) is 0 Å². The molecule has 2 rings (SSSR count). The average Bonchev–Trinajstić information content (AvgIpc) is 2.88. The molecule has 0 atom stereocenters. The van der Waals surface area contributed by atoms with Crippen molar-refractivity contribution in [2.24, 2.45) is 0 Å². The first-order valence-electron chi connectivity index (χ1n) is 6.03. The van der Waals surface area contributed by atoms with Gasteiger partial charge in [0.1, 0.15) is 6.61 Å². The maximum absolute atomic E-state index is 5.51. The van der Waals surface area contributed by atoms with Gasteiger partial charge < -0.3 is 4.74 Å². The second-order valence-corrected chi connectivity index (χ2v) is 3.77. The summed E-state index contributed by atoms with van der Waals surface area (Å²) in [4.78, 5) is 0. The Balaban J connectivity index is 2.00. The van der Waals surface area contributed by atoms with Crippen LogP contribution in [-0.2, 0) is 11.3 Å². The Morgan fingerprint density at radius 1 is 1.17 bits per heavy atom. The molecule has 0 bridgehead atoms. The molecule has 0 saturated carbocycles. The summed E-state index contributed by atoms with van der Waals surface area (Å²) >= 11 is 0. The highest BCUT2D eigenvalue weighted by Crippen LogP contribution is 2.10. The standard InChI is InChI=1S/C15H16N2O/c1-2-3-7-12-18-13-15-10-11-16-17(15)14-8-5-4-6-9-14/h4-6,8-11H,2,12-13H2,1H3. The second kappa shape index (κ2) is 6.63. The van der Waals surface area contributed by atoms with Crippen LogP contribution in [0.15, 0.2) is 42.6 Å². The number of ether oxygens (including phenoxy) is 1. The van der Waals surface area contributed by atoms with E-state index in [0.717, 1.165) is 17.8 Å². The molecule has 92 valence electrons. The minimum atomic E-state index is 0.466. The lowest BCUT2D eigenvalue weighted by atomic mass is 10.3. The van der Waals surface area contributed by atoms with Crippen molar-refractivity contribution in [2.75, 3.05) is 6.61 Å². The summed E-state index contributed by atoms with van der Waals surface area (Å²) in [6.45, 7) is 3.01. The van der Waals surface area contributed by atoms with E-state index >= 15 is 0 Å². The molecule has 1 aromatic heterocycles. The summed E-state index contributed by atoms with van der Waals surface area (Å²) < 4.78 is 7.39. The quantitative estimate of drug-likeness (QED) is 0.607. The van der Waals surface area contributed by atoms with E-state index in [4.69, 9.17) is 4.74 Å². The van der Waals surface area contributed by atoms with Gasteiger partial charge in [0.05, 0.1) is 18.0 Å². The second-order valence-electron chi connectivity index (χ2n) is 3.77. The molecule has 0 unspecified atom stereocenters. The topological polar surface area (TPSA) is 27.1 Å². The maximum Gasteiger partial charge on any atom is 0.108 e. The van der Waals surface area contributed by atoms with E-state index in [0.29, 0.717) is 13.2 Å². The fraction of sp³-hybridized carbons (Fsp3) is 0.267. The van der Waals surface area contributed by atoms with Crippen LogP contribution in [0.25, 0.3) is 5.69 Å². The Bertz CT molecular complexity index is 534. The van der Waals surface area contributed by atoms with E-state index in [1.165, 1.54) is 0 Å². The monoisotopic (exact) mass is 240 g/mol. The molecule has 2 aromatic rings. The Morgan fingerprint density at radius 2 is 2.00 bits per heavy atom. The van der Waals surface area contributed by atoms with Crippen LogP contribution in [0.3, 0.4) is 0 Å². The minimum Gasteiger partial charge on any atom is -0.362 e. The maximum atomic E-state index is 5.51. The summed E-state index contributed by atoms with van der Waals surface area (Å²) in [5.41, 5.74) is 2.07. The molecule has 0 aliphatic carbocycles. The first-order valence-corrected chi connectivity index (χ1v) is 6.03. The van der Waals surface area contributed by atoms with Crippen LogP contribution in [0.5, 0.6) is 0 Å². The van der Waals surface area contributed by atoms with E-state index in [2.05, 4.69) is 16.9 Å². The van der Waals surface area contributed by atoms with Crippen molar-refractivity contribution in [1.82, 2.24) is 9.78 Å². The minimum absolute atomic E-state index is 0.466. The van der Waals surface area contributed by atoms with Crippen molar-refractivity contribution in [3.8, 4) is 17.5 Å². The summed E-state index contributed by atoms with van der Waals surface area (Å²) in [5, 5.41) is 4.30. The van der Waals surface area contributed by atoms with Gasteiger partial charge in [-0.3, -0.25) is 0 Å².